The van der Waals surface area contributed by atoms with E-state index in [1.54, 1.807) is 0 Å². The van der Waals surface area contributed by atoms with E-state index in [2.05, 4.69) is 20.7 Å². The molecule has 3 aromatic rings. The maximum Gasteiger partial charge on any atom is 0.416 e. The maximum absolute atomic E-state index is 13.8. The van der Waals surface area contributed by atoms with Gasteiger partial charge in [-0.2, -0.15) is 44.3 Å². The van der Waals surface area contributed by atoms with E-state index in [4.69, 9.17) is 5.73 Å². The molecular weight excluding hydrogens is 597 g/mol. The van der Waals surface area contributed by atoms with Crippen LogP contribution in [0.2, 0.25) is 0 Å². The van der Waals surface area contributed by atoms with Crippen molar-refractivity contribution in [3.63, 3.8) is 0 Å². The molecule has 0 bridgehead atoms. The molecule has 4 rings (SSSR count). The standard InChI is InChI=1S/C26H28F9N7O/c1-14-8-19-21(12-20(14)26(33,34)35)37-5-2-16(3-7-43)22(19)41(23-38-40-42(39-23)6-4-36)13-15-9-17(24(27,28)29)11-18(10-15)25(30,31)32/h8-12,16,22,37,43H,2-7,13,36H2,1H3/t16?,22-/m0/s1. The van der Waals surface area contributed by atoms with Crippen LogP contribution in [0.25, 0.3) is 0 Å². The number of aliphatic hydroxyl groups is 1. The summed E-state index contributed by atoms with van der Waals surface area (Å²) in [6.07, 6.45) is -14.5. The summed E-state index contributed by atoms with van der Waals surface area (Å²) >= 11 is 0. The Morgan fingerprint density at radius 3 is 2.19 bits per heavy atom. The van der Waals surface area contributed by atoms with E-state index in [0.717, 1.165) is 10.9 Å². The van der Waals surface area contributed by atoms with Gasteiger partial charge in [0.1, 0.15) is 0 Å². The molecule has 0 aliphatic carbocycles. The van der Waals surface area contributed by atoms with Crippen molar-refractivity contribution in [2.24, 2.45) is 11.7 Å². The molecule has 0 saturated carbocycles. The summed E-state index contributed by atoms with van der Waals surface area (Å²) in [5, 5.41) is 24.9. The Balaban J connectivity index is 1.95. The van der Waals surface area contributed by atoms with Gasteiger partial charge < -0.3 is 21.1 Å². The van der Waals surface area contributed by atoms with E-state index in [-0.39, 0.29) is 67.9 Å². The van der Waals surface area contributed by atoms with Crippen molar-refractivity contribution < 1.29 is 44.6 Å². The minimum Gasteiger partial charge on any atom is -0.396 e. The smallest absolute Gasteiger partial charge is 0.396 e. The Hall–Kier alpha value is -3.60. The zero-order valence-corrected chi connectivity index (χ0v) is 22.7. The van der Waals surface area contributed by atoms with Crippen molar-refractivity contribution in [3.05, 3.63) is 63.7 Å². The Kier molecular flexibility index (Phi) is 9.16. The van der Waals surface area contributed by atoms with Gasteiger partial charge in [-0.25, -0.2) is 0 Å². The van der Waals surface area contributed by atoms with Crippen molar-refractivity contribution >= 4 is 11.6 Å². The second-order valence-corrected chi connectivity index (χ2v) is 10.2. The Morgan fingerprint density at radius 1 is 0.977 bits per heavy atom. The molecule has 0 amide bonds. The molecule has 2 heterocycles. The largest absolute Gasteiger partial charge is 0.416 e. The zero-order chi connectivity index (χ0) is 31.7. The minimum atomic E-state index is -5.10. The van der Waals surface area contributed by atoms with Crippen LogP contribution >= 0.6 is 0 Å². The number of hydrogen-bond donors (Lipinski definition) is 3. The third-order valence-electron chi connectivity index (χ3n) is 7.16. The van der Waals surface area contributed by atoms with E-state index >= 15 is 0 Å². The molecule has 0 fully saturated rings. The van der Waals surface area contributed by atoms with Crippen LogP contribution in [0.4, 0.5) is 51.1 Å². The first-order valence-corrected chi connectivity index (χ1v) is 13.1. The average molecular weight is 626 g/mol. The molecule has 2 atom stereocenters. The molecule has 0 radical (unpaired) electrons. The van der Waals surface area contributed by atoms with E-state index < -0.39 is 59.3 Å². The Bertz CT molecular complexity index is 1390. The number of nitrogens with two attached hydrogens (primary N) is 1. The lowest BCUT2D eigenvalue weighted by atomic mass is 9.85. The lowest BCUT2D eigenvalue weighted by molar-refractivity contribution is -0.143. The fraction of sp³-hybridized carbons (Fsp3) is 0.500. The highest BCUT2D eigenvalue weighted by atomic mass is 19.4. The predicted molar refractivity (Wildman–Crippen MR) is 137 cm³/mol. The number of rotatable bonds is 8. The van der Waals surface area contributed by atoms with Crippen molar-refractivity contribution in [2.75, 3.05) is 29.9 Å². The van der Waals surface area contributed by atoms with Crippen molar-refractivity contribution in [3.8, 4) is 0 Å². The molecule has 8 nitrogen and oxygen atoms in total. The van der Waals surface area contributed by atoms with Gasteiger partial charge in [0.05, 0.1) is 29.3 Å². The van der Waals surface area contributed by atoms with E-state index in [1.807, 2.05) is 0 Å². The fourth-order valence-electron chi connectivity index (χ4n) is 5.29. The van der Waals surface area contributed by atoms with Gasteiger partial charge >= 0.3 is 18.5 Å². The monoisotopic (exact) mass is 625 g/mol. The van der Waals surface area contributed by atoms with Gasteiger partial charge in [-0.15, -0.1) is 5.10 Å². The number of nitrogens with zero attached hydrogens (tertiary/aromatic N) is 5. The SMILES string of the molecule is Cc1cc2c(cc1C(F)(F)F)NCCC(CCO)[C@@H]2N(Cc1cc(C(F)(F)F)cc(C(F)(F)F)c1)c1nnn(CCN)n1. The molecule has 1 aliphatic heterocycles. The van der Waals surface area contributed by atoms with Crippen LogP contribution in [-0.2, 0) is 31.6 Å². The van der Waals surface area contributed by atoms with Crippen LogP contribution in [0.3, 0.4) is 0 Å². The van der Waals surface area contributed by atoms with Crippen molar-refractivity contribution in [1.82, 2.24) is 20.2 Å². The van der Waals surface area contributed by atoms with Gasteiger partial charge in [0, 0.05) is 31.9 Å². The van der Waals surface area contributed by atoms with Crippen LogP contribution in [0.15, 0.2) is 30.3 Å². The number of aryl methyl sites for hydroxylation is 1. The molecule has 0 spiro atoms. The van der Waals surface area contributed by atoms with Gasteiger partial charge in [0.15, 0.2) is 0 Å². The maximum atomic E-state index is 13.8. The summed E-state index contributed by atoms with van der Waals surface area (Å²) in [7, 11) is 0. The molecule has 1 unspecified atom stereocenters. The molecule has 2 aromatic carbocycles. The van der Waals surface area contributed by atoms with E-state index in [0.29, 0.717) is 12.1 Å². The number of benzene rings is 2. The average Bonchev–Trinajstić information content (AvgIpc) is 3.28. The number of fused-ring (bicyclic) bond motifs is 1. The first-order valence-electron chi connectivity index (χ1n) is 13.1. The molecular formula is C26H28F9N7O. The van der Waals surface area contributed by atoms with Crippen LogP contribution < -0.4 is 16.0 Å². The highest BCUT2D eigenvalue weighted by molar-refractivity contribution is 5.60. The Labute approximate surface area is 239 Å². The predicted octanol–water partition coefficient (Wildman–Crippen LogP) is 5.56. The normalized spacial score (nSPS) is 17.8. The van der Waals surface area contributed by atoms with Crippen LogP contribution in [0.1, 0.15) is 52.3 Å². The molecule has 43 heavy (non-hydrogen) atoms. The lowest BCUT2D eigenvalue weighted by Crippen LogP contribution is -2.35. The number of aliphatic hydroxyl groups excluding tert-OH is 1. The van der Waals surface area contributed by atoms with Crippen LogP contribution in [0, 0.1) is 12.8 Å². The number of nitrogens with one attached hydrogen (secondary N) is 1. The molecule has 0 saturated heterocycles. The van der Waals surface area contributed by atoms with Crippen molar-refractivity contribution in [1.29, 1.82) is 0 Å². The number of tetrazole rings is 1. The van der Waals surface area contributed by atoms with Gasteiger partial charge in [0.2, 0.25) is 0 Å². The van der Waals surface area contributed by atoms with Gasteiger partial charge in [0.25, 0.3) is 5.95 Å². The van der Waals surface area contributed by atoms with Crippen LogP contribution in [-0.4, -0.2) is 45.0 Å². The zero-order valence-electron chi connectivity index (χ0n) is 22.7. The molecule has 1 aromatic heterocycles. The lowest BCUT2D eigenvalue weighted by Gasteiger charge is -2.36. The number of hydrogen-bond acceptors (Lipinski definition) is 7. The first kappa shape index (κ1) is 32.3. The number of alkyl halides is 9. The summed E-state index contributed by atoms with van der Waals surface area (Å²) in [5.74, 6) is -0.734. The quantitative estimate of drug-likeness (QED) is 0.282. The minimum absolute atomic E-state index is 0.00504. The third kappa shape index (κ3) is 7.31. The van der Waals surface area contributed by atoms with Crippen LogP contribution in [0.5, 0.6) is 0 Å². The van der Waals surface area contributed by atoms with Gasteiger partial charge in [-0.05, 0) is 71.9 Å². The Morgan fingerprint density at radius 2 is 1.63 bits per heavy atom. The van der Waals surface area contributed by atoms with Gasteiger partial charge in [-0.3, -0.25) is 0 Å². The highest BCUT2D eigenvalue weighted by Gasteiger charge is 2.40. The summed E-state index contributed by atoms with van der Waals surface area (Å²) in [5.41, 5.74) is 1.38. The van der Waals surface area contributed by atoms with Gasteiger partial charge in [-0.1, -0.05) is 11.2 Å². The third-order valence-corrected chi connectivity index (χ3v) is 7.16. The topological polar surface area (TPSA) is 105 Å². The fourth-order valence-corrected chi connectivity index (χ4v) is 5.29. The number of anilines is 2. The molecule has 17 heteroatoms. The number of aromatic nitrogens is 4. The summed E-state index contributed by atoms with van der Waals surface area (Å²) in [4.78, 5) is 2.40. The van der Waals surface area contributed by atoms with E-state index in [1.165, 1.54) is 17.9 Å². The second-order valence-electron chi connectivity index (χ2n) is 10.2. The summed E-state index contributed by atoms with van der Waals surface area (Å²) < 4.78 is 123. The van der Waals surface area contributed by atoms with Crippen molar-refractivity contribution in [2.45, 2.75) is 57.4 Å². The summed E-state index contributed by atoms with van der Waals surface area (Å²) in [6.45, 7) is 0.638. The summed E-state index contributed by atoms with van der Waals surface area (Å²) in [6, 6.07) is 2.35. The second kappa shape index (κ2) is 12.2. The van der Waals surface area contributed by atoms with E-state index in [9.17, 15) is 44.6 Å². The first-order chi connectivity index (χ1) is 20.0. The molecule has 4 N–H and O–H groups in total. The molecule has 1 aliphatic rings. The highest BCUT2D eigenvalue weighted by Crippen LogP contribution is 2.45. The number of halogens is 9. The molecule has 236 valence electrons.